The SMILES string of the molecule is COc1ccc(CN2CCNC(=O)CC2)c(OC[C@H](O)CN2CCCC2)c1. The second kappa shape index (κ2) is 9.92. The summed E-state index contributed by atoms with van der Waals surface area (Å²) in [6.07, 6.45) is 2.42. The van der Waals surface area contributed by atoms with Gasteiger partial charge in [-0.15, -0.1) is 0 Å². The number of nitrogens with one attached hydrogen (secondary N) is 1. The molecule has 150 valence electrons. The molecule has 0 saturated carbocycles. The highest BCUT2D eigenvalue weighted by Gasteiger charge is 2.18. The molecule has 2 aliphatic rings. The molecule has 0 spiro atoms. The van der Waals surface area contributed by atoms with E-state index in [4.69, 9.17) is 9.47 Å². The average Bonchev–Trinajstić information content (AvgIpc) is 3.09. The molecule has 2 fully saturated rings. The number of carbonyl (C=O) groups excluding carboxylic acids is 1. The van der Waals surface area contributed by atoms with Crippen LogP contribution in [0.25, 0.3) is 0 Å². The molecule has 7 nitrogen and oxygen atoms in total. The van der Waals surface area contributed by atoms with Crippen LogP contribution < -0.4 is 14.8 Å². The Bertz CT molecular complexity index is 619. The first kappa shape index (κ1) is 19.9. The molecule has 1 atom stereocenters. The van der Waals surface area contributed by atoms with Gasteiger partial charge in [0.1, 0.15) is 24.2 Å². The number of hydrogen-bond donors (Lipinski definition) is 2. The van der Waals surface area contributed by atoms with Gasteiger partial charge in [0.25, 0.3) is 0 Å². The summed E-state index contributed by atoms with van der Waals surface area (Å²) in [6, 6.07) is 5.80. The lowest BCUT2D eigenvalue weighted by Crippen LogP contribution is -2.34. The van der Waals surface area contributed by atoms with Gasteiger partial charge in [0.2, 0.25) is 5.91 Å². The van der Waals surface area contributed by atoms with E-state index >= 15 is 0 Å². The maximum absolute atomic E-state index is 11.5. The largest absolute Gasteiger partial charge is 0.497 e. The molecule has 1 aromatic carbocycles. The number of carbonyl (C=O) groups is 1. The topological polar surface area (TPSA) is 74.3 Å². The Morgan fingerprint density at radius 1 is 1.19 bits per heavy atom. The first-order valence-corrected chi connectivity index (χ1v) is 9.83. The highest BCUT2D eigenvalue weighted by atomic mass is 16.5. The molecule has 2 N–H and O–H groups in total. The fraction of sp³-hybridized carbons (Fsp3) is 0.650. The zero-order valence-corrected chi connectivity index (χ0v) is 16.2. The van der Waals surface area contributed by atoms with Gasteiger partial charge in [-0.3, -0.25) is 9.69 Å². The number of β-amino-alcohol motifs (C(OH)–C–C–N with tert-alkyl or cyclic N) is 1. The van der Waals surface area contributed by atoms with Crippen molar-refractivity contribution in [2.45, 2.75) is 31.9 Å². The first-order valence-electron chi connectivity index (χ1n) is 9.83. The molecule has 2 aliphatic heterocycles. The molecule has 7 heteroatoms. The van der Waals surface area contributed by atoms with E-state index in [0.717, 1.165) is 43.2 Å². The van der Waals surface area contributed by atoms with Gasteiger partial charge in [-0.05, 0) is 32.0 Å². The van der Waals surface area contributed by atoms with Crippen LogP contribution in [0.1, 0.15) is 24.8 Å². The van der Waals surface area contributed by atoms with Crippen molar-refractivity contribution >= 4 is 5.91 Å². The number of hydrogen-bond acceptors (Lipinski definition) is 6. The molecule has 0 aliphatic carbocycles. The molecule has 1 aromatic rings. The quantitative estimate of drug-likeness (QED) is 0.700. The third-order valence-corrected chi connectivity index (χ3v) is 5.17. The Labute approximate surface area is 161 Å². The number of ether oxygens (including phenoxy) is 2. The van der Waals surface area contributed by atoms with Gasteiger partial charge >= 0.3 is 0 Å². The molecule has 0 aromatic heterocycles. The Morgan fingerprint density at radius 3 is 2.78 bits per heavy atom. The normalized spacial score (nSPS) is 20.1. The second-order valence-electron chi connectivity index (χ2n) is 7.32. The number of aliphatic hydroxyl groups is 1. The molecule has 1 amide bonds. The molecule has 2 heterocycles. The predicted octanol–water partition coefficient (Wildman–Crippen LogP) is 0.853. The van der Waals surface area contributed by atoms with Crippen molar-refractivity contribution in [3.63, 3.8) is 0 Å². The summed E-state index contributed by atoms with van der Waals surface area (Å²) in [4.78, 5) is 16.1. The molecule has 3 rings (SSSR count). The summed E-state index contributed by atoms with van der Waals surface area (Å²) < 4.78 is 11.3. The van der Waals surface area contributed by atoms with Gasteiger partial charge in [-0.25, -0.2) is 0 Å². The standard InChI is InChI=1S/C20H31N3O4/c1-26-18-5-4-16(13-23-10-6-20(25)21-7-11-23)19(12-18)27-15-17(24)14-22-8-2-3-9-22/h4-5,12,17,24H,2-3,6-11,13-15H2,1H3,(H,21,25)/t17-/m1/s1. The number of nitrogens with zero attached hydrogens (tertiary/aromatic N) is 2. The van der Waals surface area contributed by atoms with Crippen molar-refractivity contribution in [3.8, 4) is 11.5 Å². The van der Waals surface area contributed by atoms with Gasteiger partial charge in [0.05, 0.1) is 7.11 Å². The lowest BCUT2D eigenvalue weighted by atomic mass is 10.1. The Kier molecular flexibility index (Phi) is 7.32. The van der Waals surface area contributed by atoms with E-state index in [9.17, 15) is 9.90 Å². The molecule has 0 radical (unpaired) electrons. The van der Waals surface area contributed by atoms with Crippen LogP contribution in [0.2, 0.25) is 0 Å². The third kappa shape index (κ3) is 6.09. The summed E-state index contributed by atoms with van der Waals surface area (Å²) in [6.45, 7) is 5.95. The van der Waals surface area contributed by atoms with Crippen LogP contribution in [0.5, 0.6) is 11.5 Å². The maximum atomic E-state index is 11.5. The van der Waals surface area contributed by atoms with Crippen LogP contribution >= 0.6 is 0 Å². The van der Waals surface area contributed by atoms with Crippen molar-refractivity contribution in [3.05, 3.63) is 23.8 Å². The molecule has 2 saturated heterocycles. The second-order valence-corrected chi connectivity index (χ2v) is 7.32. The Morgan fingerprint density at radius 2 is 2.00 bits per heavy atom. The van der Waals surface area contributed by atoms with Gasteiger partial charge in [0, 0.05) is 50.8 Å². The van der Waals surface area contributed by atoms with Crippen molar-refractivity contribution in [2.24, 2.45) is 0 Å². The minimum Gasteiger partial charge on any atom is -0.497 e. The van der Waals surface area contributed by atoms with Crippen LogP contribution in [-0.2, 0) is 11.3 Å². The van der Waals surface area contributed by atoms with E-state index in [1.54, 1.807) is 7.11 Å². The minimum atomic E-state index is -0.512. The number of aliphatic hydroxyl groups excluding tert-OH is 1. The highest BCUT2D eigenvalue weighted by Crippen LogP contribution is 2.26. The minimum absolute atomic E-state index is 0.105. The van der Waals surface area contributed by atoms with Crippen LogP contribution in [0, 0.1) is 0 Å². The van der Waals surface area contributed by atoms with Crippen molar-refractivity contribution in [2.75, 3.05) is 53.0 Å². The van der Waals surface area contributed by atoms with Gasteiger partial charge < -0.3 is 24.8 Å². The van der Waals surface area contributed by atoms with E-state index in [1.165, 1.54) is 12.8 Å². The lowest BCUT2D eigenvalue weighted by molar-refractivity contribution is -0.120. The zero-order valence-electron chi connectivity index (χ0n) is 16.2. The van der Waals surface area contributed by atoms with Crippen molar-refractivity contribution in [1.82, 2.24) is 15.1 Å². The average molecular weight is 377 g/mol. The number of amides is 1. The zero-order chi connectivity index (χ0) is 19.1. The molecular weight excluding hydrogens is 346 g/mol. The number of rotatable bonds is 8. The molecular formula is C20H31N3O4. The third-order valence-electron chi connectivity index (χ3n) is 5.17. The molecule has 27 heavy (non-hydrogen) atoms. The van der Waals surface area contributed by atoms with Crippen LogP contribution in [-0.4, -0.2) is 79.9 Å². The summed E-state index contributed by atoms with van der Waals surface area (Å²) in [5, 5.41) is 13.2. The van der Waals surface area contributed by atoms with Crippen molar-refractivity contribution < 1.29 is 19.4 Å². The first-order chi connectivity index (χ1) is 13.1. The van der Waals surface area contributed by atoms with E-state index in [1.807, 2.05) is 18.2 Å². The van der Waals surface area contributed by atoms with Crippen LogP contribution in [0.3, 0.4) is 0 Å². The number of methoxy groups -OCH3 is 1. The van der Waals surface area contributed by atoms with E-state index < -0.39 is 6.10 Å². The summed E-state index contributed by atoms with van der Waals surface area (Å²) in [7, 11) is 1.63. The predicted molar refractivity (Wildman–Crippen MR) is 103 cm³/mol. The number of likely N-dealkylation sites (tertiary alicyclic amines) is 1. The summed E-state index contributed by atoms with van der Waals surface area (Å²) in [5.74, 6) is 1.57. The lowest BCUT2D eigenvalue weighted by Gasteiger charge is -2.23. The van der Waals surface area contributed by atoms with E-state index in [2.05, 4.69) is 15.1 Å². The Hall–Kier alpha value is -1.83. The van der Waals surface area contributed by atoms with E-state index in [-0.39, 0.29) is 12.5 Å². The monoisotopic (exact) mass is 377 g/mol. The summed E-state index contributed by atoms with van der Waals surface area (Å²) >= 11 is 0. The highest BCUT2D eigenvalue weighted by molar-refractivity contribution is 5.76. The molecule has 0 unspecified atom stereocenters. The fourth-order valence-corrected chi connectivity index (χ4v) is 3.64. The van der Waals surface area contributed by atoms with Crippen LogP contribution in [0.4, 0.5) is 0 Å². The smallest absolute Gasteiger partial charge is 0.221 e. The fourth-order valence-electron chi connectivity index (χ4n) is 3.64. The van der Waals surface area contributed by atoms with E-state index in [0.29, 0.717) is 26.1 Å². The van der Waals surface area contributed by atoms with Crippen molar-refractivity contribution in [1.29, 1.82) is 0 Å². The molecule has 0 bridgehead atoms. The van der Waals surface area contributed by atoms with Crippen LogP contribution in [0.15, 0.2) is 18.2 Å². The Balaban J connectivity index is 1.60. The van der Waals surface area contributed by atoms with Gasteiger partial charge in [-0.2, -0.15) is 0 Å². The maximum Gasteiger partial charge on any atom is 0.221 e. The van der Waals surface area contributed by atoms with Gasteiger partial charge in [0.15, 0.2) is 0 Å². The van der Waals surface area contributed by atoms with Gasteiger partial charge in [-0.1, -0.05) is 6.07 Å². The summed E-state index contributed by atoms with van der Waals surface area (Å²) in [5.41, 5.74) is 1.04. The number of benzene rings is 1.